The average molecular weight is 354 g/mol. The van der Waals surface area contributed by atoms with Crippen molar-refractivity contribution in [2.45, 2.75) is 76.9 Å². The average Bonchev–Trinajstić information content (AvgIpc) is 3.11. The number of rotatable bonds is 0. The molecule has 1 heterocycles. The molecule has 5 rings (SSSR count). The van der Waals surface area contributed by atoms with Crippen LogP contribution < -0.4 is 0 Å². The van der Waals surface area contributed by atoms with Gasteiger partial charge in [0.1, 0.15) is 0 Å². The van der Waals surface area contributed by atoms with Crippen molar-refractivity contribution in [1.82, 2.24) is 4.98 Å². The van der Waals surface area contributed by atoms with Crippen molar-refractivity contribution in [2.75, 3.05) is 0 Å². The molecular weight excluding hydrogens is 322 g/mol. The fourth-order valence-corrected chi connectivity index (χ4v) is 7.28. The van der Waals surface area contributed by atoms with Crippen molar-refractivity contribution in [3.63, 3.8) is 0 Å². The summed E-state index contributed by atoms with van der Waals surface area (Å²) in [7, 11) is 0. The Hall–Kier alpha value is -1.32. The third kappa shape index (κ3) is 1.56. The molecule has 0 unspecified atom stereocenters. The fourth-order valence-electron chi connectivity index (χ4n) is 7.28. The first kappa shape index (κ1) is 16.8. The Bertz CT molecular complexity index is 899. The molecule has 140 valence electrons. The highest BCUT2D eigenvalue weighted by Crippen LogP contribution is 2.71. The van der Waals surface area contributed by atoms with Crippen LogP contribution in [0.25, 0.3) is 10.9 Å². The fraction of sp³-hybridized carbons (Fsp3) is 0.652. The molecule has 0 bridgehead atoms. The van der Waals surface area contributed by atoms with Crippen molar-refractivity contribution in [3.05, 3.63) is 35.5 Å². The van der Waals surface area contributed by atoms with E-state index < -0.39 is 17.1 Å². The van der Waals surface area contributed by atoms with Crippen LogP contribution in [0.2, 0.25) is 0 Å². The van der Waals surface area contributed by atoms with E-state index in [4.69, 9.17) is 0 Å². The van der Waals surface area contributed by atoms with Gasteiger partial charge in [0, 0.05) is 32.8 Å². The van der Waals surface area contributed by atoms with Crippen LogP contribution in [0, 0.1) is 16.7 Å². The Kier molecular flexibility index (Phi) is 3.07. The molecule has 3 N–H and O–H groups in total. The van der Waals surface area contributed by atoms with Gasteiger partial charge in [0.2, 0.25) is 0 Å². The molecule has 0 saturated heterocycles. The van der Waals surface area contributed by atoms with Crippen molar-refractivity contribution in [2.24, 2.45) is 16.7 Å². The van der Waals surface area contributed by atoms with Crippen LogP contribution in [-0.4, -0.2) is 26.9 Å². The predicted octanol–water partition coefficient (Wildman–Crippen LogP) is 4.31. The smallest absolute Gasteiger partial charge is 0.0785 e. The Morgan fingerprint density at radius 3 is 2.54 bits per heavy atom. The number of hydrogen-bond donors (Lipinski definition) is 3. The standard InChI is InChI=1S/C23H31NO2/c1-20(2)18(25)10-11-21(3)22(4)14(9-12-23(20,21)26)13-16-15-7-5-6-8-17(15)24-19(16)22/h5-8,14,18,24-26H,9-13H2,1-4H3/t14-,18+,21-,22-,23+/m1/s1. The molecule has 0 amide bonds. The van der Waals surface area contributed by atoms with E-state index >= 15 is 0 Å². The molecule has 5 atom stereocenters. The van der Waals surface area contributed by atoms with Gasteiger partial charge in [-0.25, -0.2) is 0 Å². The molecule has 3 aliphatic carbocycles. The number of fused-ring (bicyclic) bond motifs is 7. The van der Waals surface area contributed by atoms with Crippen LogP contribution in [0.3, 0.4) is 0 Å². The number of hydrogen-bond acceptors (Lipinski definition) is 2. The first-order valence-electron chi connectivity index (χ1n) is 10.2. The second kappa shape index (κ2) is 4.74. The number of H-pyrrole nitrogens is 1. The minimum Gasteiger partial charge on any atom is -0.392 e. The topological polar surface area (TPSA) is 56.2 Å². The third-order valence-electron chi connectivity index (χ3n) is 9.33. The van der Waals surface area contributed by atoms with Crippen molar-refractivity contribution < 1.29 is 10.2 Å². The molecule has 0 spiro atoms. The van der Waals surface area contributed by atoms with Gasteiger partial charge in [-0.2, -0.15) is 0 Å². The van der Waals surface area contributed by atoms with Gasteiger partial charge in [-0.05, 0) is 49.7 Å². The van der Waals surface area contributed by atoms with Crippen LogP contribution in [0.15, 0.2) is 24.3 Å². The lowest BCUT2D eigenvalue weighted by Gasteiger charge is -2.68. The highest BCUT2D eigenvalue weighted by Gasteiger charge is 2.72. The van der Waals surface area contributed by atoms with Crippen molar-refractivity contribution in [1.29, 1.82) is 0 Å². The SMILES string of the molecule is CC1(C)[C@@H](O)CC[C@]2(C)[C@@]3(C)c4[nH]c5ccccc5c4C[C@H]3CC[C@]12O. The van der Waals surface area contributed by atoms with Gasteiger partial charge >= 0.3 is 0 Å². The van der Waals surface area contributed by atoms with E-state index in [0.29, 0.717) is 5.92 Å². The zero-order valence-corrected chi connectivity index (χ0v) is 16.4. The maximum atomic E-state index is 12.1. The summed E-state index contributed by atoms with van der Waals surface area (Å²) in [4.78, 5) is 3.76. The number of nitrogens with one attached hydrogen (secondary N) is 1. The lowest BCUT2D eigenvalue weighted by Crippen LogP contribution is -2.72. The Morgan fingerprint density at radius 1 is 1.04 bits per heavy atom. The van der Waals surface area contributed by atoms with E-state index in [2.05, 4.69) is 56.9 Å². The van der Waals surface area contributed by atoms with Gasteiger partial charge in [0.05, 0.1) is 11.7 Å². The van der Waals surface area contributed by atoms with E-state index in [9.17, 15) is 10.2 Å². The Morgan fingerprint density at radius 2 is 1.77 bits per heavy atom. The summed E-state index contributed by atoms with van der Waals surface area (Å²) in [6.07, 6.45) is 4.11. The zero-order valence-electron chi connectivity index (χ0n) is 16.4. The number of aliphatic hydroxyl groups is 2. The van der Waals surface area contributed by atoms with E-state index in [1.165, 1.54) is 22.2 Å². The quantitative estimate of drug-likeness (QED) is 0.661. The van der Waals surface area contributed by atoms with E-state index in [1.807, 2.05) is 0 Å². The van der Waals surface area contributed by atoms with E-state index in [0.717, 1.165) is 32.1 Å². The maximum absolute atomic E-state index is 12.1. The molecule has 0 radical (unpaired) electrons. The van der Waals surface area contributed by atoms with Crippen LogP contribution in [-0.2, 0) is 11.8 Å². The second-order valence-electron chi connectivity index (χ2n) is 10.1. The molecule has 26 heavy (non-hydrogen) atoms. The summed E-state index contributed by atoms with van der Waals surface area (Å²) in [5.41, 5.74) is 2.32. The molecule has 3 nitrogen and oxygen atoms in total. The number of benzene rings is 1. The van der Waals surface area contributed by atoms with Crippen LogP contribution in [0.5, 0.6) is 0 Å². The number of aliphatic hydroxyl groups excluding tert-OH is 1. The minimum atomic E-state index is -0.859. The molecule has 0 aliphatic heterocycles. The predicted molar refractivity (Wildman–Crippen MR) is 104 cm³/mol. The Labute approximate surface area is 155 Å². The van der Waals surface area contributed by atoms with E-state index in [-0.39, 0.29) is 10.8 Å². The van der Waals surface area contributed by atoms with Crippen molar-refractivity contribution >= 4 is 10.9 Å². The number of aromatic amines is 1. The molecule has 3 heteroatoms. The lowest BCUT2D eigenvalue weighted by molar-refractivity contribution is -0.269. The van der Waals surface area contributed by atoms with Crippen LogP contribution in [0.4, 0.5) is 0 Å². The second-order valence-corrected chi connectivity index (χ2v) is 10.1. The number of aromatic nitrogens is 1. The molecule has 3 aliphatic rings. The highest BCUT2D eigenvalue weighted by molar-refractivity contribution is 5.86. The van der Waals surface area contributed by atoms with Gasteiger partial charge < -0.3 is 15.2 Å². The normalized spacial score (nSPS) is 43.8. The summed E-state index contributed by atoms with van der Waals surface area (Å²) in [6.45, 7) is 8.82. The first-order valence-corrected chi connectivity index (χ1v) is 10.2. The summed E-state index contributed by atoms with van der Waals surface area (Å²) < 4.78 is 0. The molecule has 2 aromatic rings. The van der Waals surface area contributed by atoms with E-state index in [1.54, 1.807) is 0 Å². The van der Waals surface area contributed by atoms with Crippen LogP contribution >= 0.6 is 0 Å². The third-order valence-corrected chi connectivity index (χ3v) is 9.33. The van der Waals surface area contributed by atoms with Gasteiger partial charge in [0.15, 0.2) is 0 Å². The molecule has 1 aromatic heterocycles. The summed E-state index contributed by atoms with van der Waals surface area (Å²) >= 11 is 0. The number of para-hydroxylation sites is 1. The highest BCUT2D eigenvalue weighted by atomic mass is 16.3. The van der Waals surface area contributed by atoms with Gasteiger partial charge in [0.25, 0.3) is 0 Å². The summed E-state index contributed by atoms with van der Waals surface area (Å²) in [5, 5.41) is 24.2. The van der Waals surface area contributed by atoms with Gasteiger partial charge in [-0.3, -0.25) is 0 Å². The summed E-state index contributed by atoms with van der Waals surface area (Å²) in [5.74, 6) is 0.560. The van der Waals surface area contributed by atoms with Gasteiger partial charge in [-0.15, -0.1) is 0 Å². The Balaban J connectivity index is 1.76. The molecule has 2 fully saturated rings. The van der Waals surface area contributed by atoms with Crippen molar-refractivity contribution in [3.8, 4) is 0 Å². The minimum absolute atomic E-state index is 0.0915. The summed E-state index contributed by atoms with van der Waals surface area (Å²) in [6, 6.07) is 8.61. The monoisotopic (exact) mass is 353 g/mol. The molecule has 2 saturated carbocycles. The first-order chi connectivity index (χ1) is 12.2. The maximum Gasteiger partial charge on any atom is 0.0785 e. The lowest BCUT2D eigenvalue weighted by atomic mass is 9.39. The largest absolute Gasteiger partial charge is 0.392 e. The van der Waals surface area contributed by atoms with Crippen LogP contribution in [0.1, 0.15) is 64.6 Å². The van der Waals surface area contributed by atoms with Gasteiger partial charge in [-0.1, -0.05) is 45.9 Å². The zero-order chi connectivity index (χ0) is 18.5. The molecule has 1 aromatic carbocycles. The molecular formula is C23H31NO2.